The van der Waals surface area contributed by atoms with Gasteiger partial charge in [-0.15, -0.1) is 0 Å². The second-order valence-corrected chi connectivity index (χ2v) is 7.01. The first-order valence-electron chi connectivity index (χ1n) is 9.42. The zero-order valence-corrected chi connectivity index (χ0v) is 15.9. The molecule has 6 nitrogen and oxygen atoms in total. The molecule has 1 aliphatic rings. The summed E-state index contributed by atoms with van der Waals surface area (Å²) in [6.07, 6.45) is 5.80. The van der Waals surface area contributed by atoms with E-state index in [0.717, 1.165) is 25.4 Å². The maximum absolute atomic E-state index is 12.6. The number of aromatic nitrogens is 2. The average molecular weight is 376 g/mol. The van der Waals surface area contributed by atoms with E-state index in [9.17, 15) is 4.79 Å². The number of ether oxygens (including phenoxy) is 1. The Balaban J connectivity index is 1.44. The monoisotopic (exact) mass is 376 g/mol. The summed E-state index contributed by atoms with van der Waals surface area (Å²) in [5, 5.41) is 3.09. The number of amides is 1. The number of hydrogen-bond acceptors (Lipinski definition) is 4. The molecule has 0 aliphatic carbocycles. The third kappa shape index (κ3) is 4.07. The van der Waals surface area contributed by atoms with Crippen molar-refractivity contribution in [2.45, 2.75) is 25.7 Å². The lowest BCUT2D eigenvalue weighted by Crippen LogP contribution is -2.48. The van der Waals surface area contributed by atoms with Crippen molar-refractivity contribution in [3.63, 3.8) is 0 Å². The van der Waals surface area contributed by atoms with Gasteiger partial charge in [0.25, 0.3) is 5.91 Å². The largest absolute Gasteiger partial charge is 0.497 e. The van der Waals surface area contributed by atoms with Crippen LogP contribution in [0.1, 0.15) is 21.6 Å². The summed E-state index contributed by atoms with van der Waals surface area (Å²) >= 11 is 0. The Bertz CT molecular complexity index is 921. The van der Waals surface area contributed by atoms with Crippen LogP contribution in [0.25, 0.3) is 0 Å². The molecule has 1 N–H and O–H groups in total. The topological polar surface area (TPSA) is 59.4 Å². The van der Waals surface area contributed by atoms with E-state index in [1.54, 1.807) is 37.6 Å². The second-order valence-electron chi connectivity index (χ2n) is 7.01. The number of benzene rings is 1. The number of pyridine rings is 1. The van der Waals surface area contributed by atoms with Gasteiger partial charge in [-0.05, 0) is 48.0 Å². The van der Waals surface area contributed by atoms with Gasteiger partial charge in [0.05, 0.1) is 7.11 Å². The number of hydrogen-bond donors (Lipinski definition) is 1. The van der Waals surface area contributed by atoms with Crippen molar-refractivity contribution in [3.8, 4) is 5.75 Å². The summed E-state index contributed by atoms with van der Waals surface area (Å²) < 4.78 is 7.42. The van der Waals surface area contributed by atoms with Gasteiger partial charge >= 0.3 is 0 Å². The molecule has 1 atom stereocenters. The molecule has 1 unspecified atom stereocenters. The lowest BCUT2D eigenvalue weighted by molar-refractivity contribution is 0.0898. The van der Waals surface area contributed by atoms with Crippen LogP contribution in [0.2, 0.25) is 0 Å². The molecule has 4 rings (SSSR count). The van der Waals surface area contributed by atoms with Crippen molar-refractivity contribution in [3.05, 3.63) is 83.9 Å². The van der Waals surface area contributed by atoms with Crippen LogP contribution in [-0.2, 0) is 19.6 Å². The number of nitrogens with zero attached hydrogens (tertiary/aromatic N) is 3. The lowest BCUT2D eigenvalue weighted by atomic mass is 10.1. The van der Waals surface area contributed by atoms with Gasteiger partial charge in [0, 0.05) is 62.1 Å². The molecule has 0 saturated heterocycles. The Labute approximate surface area is 164 Å². The number of methoxy groups -OCH3 is 1. The predicted molar refractivity (Wildman–Crippen MR) is 107 cm³/mol. The highest BCUT2D eigenvalue weighted by Gasteiger charge is 2.26. The molecular formula is C22H24N4O2. The quantitative estimate of drug-likeness (QED) is 0.719. The molecule has 1 amide bonds. The Morgan fingerprint density at radius 1 is 1.21 bits per heavy atom. The van der Waals surface area contributed by atoms with Gasteiger partial charge in [0.15, 0.2) is 0 Å². The molecule has 3 heterocycles. The Kier molecular flexibility index (Phi) is 5.39. The summed E-state index contributed by atoms with van der Waals surface area (Å²) in [4.78, 5) is 19.2. The van der Waals surface area contributed by atoms with Crippen LogP contribution in [-0.4, -0.2) is 40.1 Å². The van der Waals surface area contributed by atoms with Gasteiger partial charge in [-0.25, -0.2) is 0 Å². The molecule has 0 saturated carbocycles. The second kappa shape index (κ2) is 8.27. The third-order valence-electron chi connectivity index (χ3n) is 5.17. The van der Waals surface area contributed by atoms with Crippen molar-refractivity contribution >= 4 is 5.91 Å². The smallest absolute Gasteiger partial charge is 0.251 e. The Hall–Kier alpha value is -3.12. The standard InChI is InChI=1S/C22H24N4O2/c1-28-21-8-6-18(7-9-21)22(27)24-13-20-16-25-11-3-5-19(25)15-26(20)14-17-4-2-10-23-12-17/h2-12,20H,13-16H2,1H3,(H,24,27). The number of fused-ring (bicyclic) bond motifs is 1. The maximum atomic E-state index is 12.6. The first-order chi connectivity index (χ1) is 13.7. The normalized spacial score (nSPS) is 16.4. The van der Waals surface area contributed by atoms with Crippen LogP contribution in [0.3, 0.4) is 0 Å². The van der Waals surface area contributed by atoms with Crippen molar-refractivity contribution in [1.82, 2.24) is 19.8 Å². The van der Waals surface area contributed by atoms with E-state index in [4.69, 9.17) is 4.74 Å². The summed E-state index contributed by atoms with van der Waals surface area (Å²) in [6.45, 7) is 3.10. The molecular weight excluding hydrogens is 352 g/mol. The number of rotatable bonds is 6. The summed E-state index contributed by atoms with van der Waals surface area (Å²) in [6, 6.07) is 15.7. The highest BCUT2D eigenvalue weighted by molar-refractivity contribution is 5.94. The first kappa shape index (κ1) is 18.3. The van der Waals surface area contributed by atoms with E-state index in [1.807, 2.05) is 12.3 Å². The summed E-state index contributed by atoms with van der Waals surface area (Å²) in [5.74, 6) is 0.675. The molecule has 2 aromatic heterocycles. The van der Waals surface area contributed by atoms with Crippen LogP contribution in [0.5, 0.6) is 5.75 Å². The molecule has 1 aromatic carbocycles. The van der Waals surface area contributed by atoms with E-state index in [0.29, 0.717) is 12.1 Å². The highest BCUT2D eigenvalue weighted by atomic mass is 16.5. The van der Waals surface area contributed by atoms with Gasteiger partial charge in [-0.1, -0.05) is 6.07 Å². The Morgan fingerprint density at radius 2 is 2.07 bits per heavy atom. The fourth-order valence-corrected chi connectivity index (χ4v) is 3.61. The zero-order chi connectivity index (χ0) is 19.3. The summed E-state index contributed by atoms with van der Waals surface area (Å²) in [7, 11) is 1.62. The summed E-state index contributed by atoms with van der Waals surface area (Å²) in [5.41, 5.74) is 3.10. The van der Waals surface area contributed by atoms with Crippen LogP contribution >= 0.6 is 0 Å². The van der Waals surface area contributed by atoms with Crippen molar-refractivity contribution < 1.29 is 9.53 Å². The van der Waals surface area contributed by atoms with E-state index in [2.05, 4.69) is 44.2 Å². The fourth-order valence-electron chi connectivity index (χ4n) is 3.61. The highest BCUT2D eigenvalue weighted by Crippen LogP contribution is 2.20. The molecule has 0 fully saturated rings. The maximum Gasteiger partial charge on any atom is 0.251 e. The van der Waals surface area contributed by atoms with E-state index >= 15 is 0 Å². The average Bonchev–Trinajstić information content (AvgIpc) is 3.20. The van der Waals surface area contributed by atoms with Crippen molar-refractivity contribution in [2.24, 2.45) is 0 Å². The molecule has 6 heteroatoms. The van der Waals surface area contributed by atoms with Crippen LogP contribution in [0.15, 0.2) is 67.1 Å². The van der Waals surface area contributed by atoms with Gasteiger partial charge in [0.2, 0.25) is 0 Å². The molecule has 0 bridgehead atoms. The van der Waals surface area contributed by atoms with Gasteiger partial charge in [0.1, 0.15) is 5.75 Å². The lowest BCUT2D eigenvalue weighted by Gasteiger charge is -2.37. The van der Waals surface area contributed by atoms with Gasteiger partial charge in [-0.2, -0.15) is 0 Å². The Morgan fingerprint density at radius 3 is 2.82 bits per heavy atom. The first-order valence-corrected chi connectivity index (χ1v) is 9.42. The van der Waals surface area contributed by atoms with E-state index in [1.165, 1.54) is 11.3 Å². The number of nitrogens with one attached hydrogen (secondary N) is 1. The van der Waals surface area contributed by atoms with Crippen molar-refractivity contribution in [2.75, 3.05) is 13.7 Å². The molecule has 1 aliphatic heterocycles. The predicted octanol–water partition coefficient (Wildman–Crippen LogP) is 2.71. The van der Waals surface area contributed by atoms with E-state index in [-0.39, 0.29) is 11.9 Å². The third-order valence-corrected chi connectivity index (χ3v) is 5.17. The van der Waals surface area contributed by atoms with Crippen molar-refractivity contribution in [1.29, 1.82) is 0 Å². The fraction of sp³-hybridized carbons (Fsp3) is 0.273. The van der Waals surface area contributed by atoms with Crippen LogP contribution in [0, 0.1) is 0 Å². The molecule has 144 valence electrons. The van der Waals surface area contributed by atoms with Crippen LogP contribution in [0.4, 0.5) is 0 Å². The van der Waals surface area contributed by atoms with Gasteiger partial charge < -0.3 is 14.6 Å². The molecule has 0 radical (unpaired) electrons. The zero-order valence-electron chi connectivity index (χ0n) is 15.9. The molecule has 28 heavy (non-hydrogen) atoms. The number of carbonyl (C=O) groups excluding carboxylic acids is 1. The number of carbonyl (C=O) groups is 1. The minimum atomic E-state index is -0.0673. The molecule has 0 spiro atoms. The SMILES string of the molecule is COc1ccc(C(=O)NCC2Cn3cccc3CN2Cc2cccnc2)cc1. The molecule has 3 aromatic rings. The minimum Gasteiger partial charge on any atom is -0.497 e. The minimum absolute atomic E-state index is 0.0673. The van der Waals surface area contributed by atoms with Gasteiger partial charge in [-0.3, -0.25) is 14.7 Å². The van der Waals surface area contributed by atoms with E-state index < -0.39 is 0 Å². The van der Waals surface area contributed by atoms with Crippen LogP contribution < -0.4 is 10.1 Å².